The van der Waals surface area contributed by atoms with Crippen molar-refractivity contribution in [3.8, 4) is 0 Å². The Labute approximate surface area is 122 Å². The topological polar surface area (TPSA) is 71.1 Å². The summed E-state index contributed by atoms with van der Waals surface area (Å²) in [4.78, 5) is 2.48. The molecule has 1 heterocycles. The molecule has 3 N–H and O–H groups in total. The van der Waals surface area contributed by atoms with E-state index >= 15 is 0 Å². The Balaban J connectivity index is 1.96. The molecule has 1 aliphatic carbocycles. The highest BCUT2D eigenvalue weighted by molar-refractivity contribution is 5.82. The van der Waals surface area contributed by atoms with E-state index in [1.807, 2.05) is 6.92 Å². The fourth-order valence-corrected chi connectivity index (χ4v) is 3.76. The minimum Gasteiger partial charge on any atom is -0.409 e. The first-order valence-electron chi connectivity index (χ1n) is 7.95. The van der Waals surface area contributed by atoms with Crippen LogP contribution in [0, 0.1) is 5.92 Å². The minimum atomic E-state index is 0.0855. The Morgan fingerprint density at radius 3 is 2.80 bits per heavy atom. The van der Waals surface area contributed by atoms with Crippen molar-refractivity contribution in [2.45, 2.75) is 64.0 Å². The summed E-state index contributed by atoms with van der Waals surface area (Å²) in [7, 11) is 0. The number of ether oxygens (including phenoxy) is 1. The van der Waals surface area contributed by atoms with Crippen LogP contribution < -0.4 is 5.73 Å². The fourth-order valence-electron chi connectivity index (χ4n) is 3.76. The third-order valence-corrected chi connectivity index (χ3v) is 5.03. The first kappa shape index (κ1) is 15.6. The van der Waals surface area contributed by atoms with Crippen molar-refractivity contribution in [3.63, 3.8) is 0 Å². The first-order chi connectivity index (χ1) is 9.60. The zero-order valence-electron chi connectivity index (χ0n) is 12.8. The van der Waals surface area contributed by atoms with Gasteiger partial charge in [-0.2, -0.15) is 0 Å². The van der Waals surface area contributed by atoms with Crippen LogP contribution in [0.4, 0.5) is 0 Å². The molecule has 2 atom stereocenters. The van der Waals surface area contributed by atoms with Crippen LogP contribution >= 0.6 is 0 Å². The van der Waals surface area contributed by atoms with Gasteiger partial charge < -0.3 is 15.7 Å². The highest BCUT2D eigenvalue weighted by atomic mass is 16.5. The molecule has 1 aliphatic heterocycles. The lowest BCUT2D eigenvalue weighted by Gasteiger charge is -2.43. The van der Waals surface area contributed by atoms with E-state index in [9.17, 15) is 0 Å². The second kappa shape index (κ2) is 6.76. The van der Waals surface area contributed by atoms with Crippen molar-refractivity contribution in [1.29, 1.82) is 0 Å². The van der Waals surface area contributed by atoms with Gasteiger partial charge in [-0.05, 0) is 32.2 Å². The van der Waals surface area contributed by atoms with Crippen LogP contribution in [0.5, 0.6) is 0 Å². The number of hydrogen-bond donors (Lipinski definition) is 2. The molecule has 0 aromatic rings. The summed E-state index contributed by atoms with van der Waals surface area (Å²) < 4.78 is 6.11. The van der Waals surface area contributed by atoms with Gasteiger partial charge in [0.1, 0.15) is 5.84 Å². The molecule has 116 valence electrons. The van der Waals surface area contributed by atoms with E-state index in [1.54, 1.807) is 0 Å². The van der Waals surface area contributed by atoms with E-state index in [-0.39, 0.29) is 11.5 Å². The molecule has 0 aromatic carbocycles. The minimum absolute atomic E-state index is 0.0855. The molecule has 5 heteroatoms. The fraction of sp³-hybridized carbons (Fsp3) is 0.933. The van der Waals surface area contributed by atoms with Gasteiger partial charge in [-0.3, -0.25) is 4.90 Å². The van der Waals surface area contributed by atoms with Gasteiger partial charge in [0.2, 0.25) is 0 Å². The van der Waals surface area contributed by atoms with Gasteiger partial charge in [-0.25, -0.2) is 0 Å². The first-order valence-corrected chi connectivity index (χ1v) is 7.95. The van der Waals surface area contributed by atoms with Crippen LogP contribution in [0.1, 0.15) is 52.4 Å². The Morgan fingerprint density at radius 1 is 1.50 bits per heavy atom. The van der Waals surface area contributed by atoms with Crippen LogP contribution in [0.15, 0.2) is 5.16 Å². The molecule has 0 amide bonds. The lowest BCUT2D eigenvalue weighted by atomic mass is 9.87. The maximum atomic E-state index is 8.79. The van der Waals surface area contributed by atoms with Crippen LogP contribution in [-0.2, 0) is 4.74 Å². The Hall–Kier alpha value is -0.810. The van der Waals surface area contributed by atoms with Crippen LogP contribution in [0.25, 0.3) is 0 Å². The van der Waals surface area contributed by atoms with Gasteiger partial charge in [-0.15, -0.1) is 0 Å². The maximum absolute atomic E-state index is 8.79. The molecule has 1 saturated heterocycles. The van der Waals surface area contributed by atoms with E-state index in [0.717, 1.165) is 32.5 Å². The average molecular weight is 283 g/mol. The number of nitrogens with zero attached hydrogens (tertiary/aromatic N) is 2. The highest BCUT2D eigenvalue weighted by Gasteiger charge is 2.41. The molecule has 2 aliphatic rings. The molecule has 0 radical (unpaired) electrons. The number of rotatable bonds is 5. The molecule has 5 nitrogen and oxygen atoms in total. The van der Waals surface area contributed by atoms with Crippen molar-refractivity contribution in [1.82, 2.24) is 4.90 Å². The molecule has 2 unspecified atom stereocenters. The zero-order chi connectivity index (χ0) is 14.6. The quantitative estimate of drug-likeness (QED) is 0.351. The Kier molecular flexibility index (Phi) is 5.27. The van der Waals surface area contributed by atoms with E-state index in [2.05, 4.69) is 17.0 Å². The van der Waals surface area contributed by atoms with Crippen molar-refractivity contribution in [2.24, 2.45) is 16.8 Å². The largest absolute Gasteiger partial charge is 0.409 e. The van der Waals surface area contributed by atoms with E-state index < -0.39 is 0 Å². The third-order valence-electron chi connectivity index (χ3n) is 5.03. The van der Waals surface area contributed by atoms with Gasteiger partial charge in [0.05, 0.1) is 5.60 Å². The summed E-state index contributed by atoms with van der Waals surface area (Å²) in [6.07, 6.45) is 7.29. The molecular weight excluding hydrogens is 254 g/mol. The van der Waals surface area contributed by atoms with Crippen LogP contribution in [-0.4, -0.2) is 47.3 Å². The normalized spacial score (nSPS) is 28.1. The molecule has 2 fully saturated rings. The van der Waals surface area contributed by atoms with Gasteiger partial charge in [0.25, 0.3) is 0 Å². The molecule has 0 bridgehead atoms. The van der Waals surface area contributed by atoms with Crippen molar-refractivity contribution in [3.05, 3.63) is 0 Å². The molecule has 20 heavy (non-hydrogen) atoms. The van der Waals surface area contributed by atoms with Gasteiger partial charge in [-0.1, -0.05) is 31.8 Å². The number of amidine groups is 1. The van der Waals surface area contributed by atoms with Crippen LogP contribution in [0.2, 0.25) is 0 Å². The van der Waals surface area contributed by atoms with Crippen molar-refractivity contribution in [2.75, 3.05) is 19.7 Å². The monoisotopic (exact) mass is 283 g/mol. The van der Waals surface area contributed by atoms with E-state index in [1.165, 1.54) is 25.7 Å². The highest BCUT2D eigenvalue weighted by Crippen LogP contribution is 2.41. The van der Waals surface area contributed by atoms with E-state index in [4.69, 9.17) is 15.7 Å². The predicted molar refractivity (Wildman–Crippen MR) is 80.0 cm³/mol. The third kappa shape index (κ3) is 3.44. The average Bonchev–Trinajstić information content (AvgIpc) is 2.91. The molecule has 2 rings (SSSR count). The van der Waals surface area contributed by atoms with Crippen molar-refractivity contribution < 1.29 is 9.94 Å². The summed E-state index contributed by atoms with van der Waals surface area (Å²) in [5.74, 6) is 0.411. The number of nitrogens with two attached hydrogens (primary N) is 1. The smallest absolute Gasteiger partial charge is 0.143 e. The second-order valence-corrected chi connectivity index (χ2v) is 6.40. The summed E-state index contributed by atoms with van der Waals surface area (Å²) in [5, 5.41) is 11.9. The summed E-state index contributed by atoms with van der Waals surface area (Å²) in [5.41, 5.74) is 5.86. The molecular formula is C15H29N3O2. The lowest BCUT2D eigenvalue weighted by Crippen LogP contribution is -2.49. The lowest BCUT2D eigenvalue weighted by molar-refractivity contribution is -0.102. The second-order valence-electron chi connectivity index (χ2n) is 6.40. The van der Waals surface area contributed by atoms with Crippen molar-refractivity contribution >= 4 is 5.84 Å². The van der Waals surface area contributed by atoms with Gasteiger partial charge in [0, 0.05) is 25.1 Å². The molecule has 1 saturated carbocycles. The standard InChI is InChI=1S/C15H29N3O2/c1-3-18(11-12(2)14(16)17-19)13-6-9-20-15(10-13)7-4-5-8-15/h12-13,19H,3-11H2,1-2H3,(H2,16,17). The zero-order valence-corrected chi connectivity index (χ0v) is 12.8. The summed E-state index contributed by atoms with van der Waals surface area (Å²) in [6.45, 7) is 6.94. The van der Waals surface area contributed by atoms with Gasteiger partial charge >= 0.3 is 0 Å². The Morgan fingerprint density at radius 2 is 2.20 bits per heavy atom. The maximum Gasteiger partial charge on any atom is 0.143 e. The Bertz CT molecular complexity index is 340. The SMILES string of the molecule is CCN(CC(C)C(N)=NO)C1CCOC2(CCCC2)C1. The predicted octanol–water partition coefficient (Wildman–Crippen LogP) is 2.18. The number of oxime groups is 1. The number of hydrogen-bond acceptors (Lipinski definition) is 4. The summed E-state index contributed by atoms with van der Waals surface area (Å²) in [6, 6.07) is 0.570. The summed E-state index contributed by atoms with van der Waals surface area (Å²) >= 11 is 0. The van der Waals surface area contributed by atoms with Gasteiger partial charge in [0.15, 0.2) is 0 Å². The molecule has 0 aromatic heterocycles. The molecule has 1 spiro atoms. The van der Waals surface area contributed by atoms with E-state index in [0.29, 0.717) is 11.9 Å². The van der Waals surface area contributed by atoms with Crippen LogP contribution in [0.3, 0.4) is 0 Å².